The SMILES string of the molecule is COc1ccc(/C(O)=C2\C(=O)C(=O)N(CCCOC(C)C)C2c2ccccc2F)c(C)c1. The van der Waals surface area contributed by atoms with E-state index >= 15 is 0 Å². The maximum atomic E-state index is 14.8. The minimum atomic E-state index is -1.03. The Morgan fingerprint density at radius 2 is 1.91 bits per heavy atom. The molecule has 2 aromatic carbocycles. The van der Waals surface area contributed by atoms with Crippen LogP contribution in [0.5, 0.6) is 5.75 Å². The smallest absolute Gasteiger partial charge is 0.295 e. The summed E-state index contributed by atoms with van der Waals surface area (Å²) < 4.78 is 25.5. The van der Waals surface area contributed by atoms with Crippen LogP contribution in [0.2, 0.25) is 0 Å². The Morgan fingerprint density at radius 1 is 1.19 bits per heavy atom. The third-order valence-corrected chi connectivity index (χ3v) is 5.42. The third kappa shape index (κ3) is 4.67. The van der Waals surface area contributed by atoms with Gasteiger partial charge in [-0.05, 0) is 57.0 Å². The predicted octanol–water partition coefficient (Wildman–Crippen LogP) is 4.38. The normalized spacial score (nSPS) is 17.9. The van der Waals surface area contributed by atoms with Gasteiger partial charge < -0.3 is 19.5 Å². The first-order valence-corrected chi connectivity index (χ1v) is 10.6. The van der Waals surface area contributed by atoms with Gasteiger partial charge in [0.1, 0.15) is 17.3 Å². The number of rotatable bonds is 8. The molecule has 2 aromatic rings. The molecule has 1 aliphatic heterocycles. The van der Waals surface area contributed by atoms with Gasteiger partial charge in [-0.2, -0.15) is 0 Å². The van der Waals surface area contributed by atoms with Gasteiger partial charge in [0.15, 0.2) is 0 Å². The number of methoxy groups -OCH3 is 1. The lowest BCUT2D eigenvalue weighted by molar-refractivity contribution is -0.140. The topological polar surface area (TPSA) is 76.1 Å². The largest absolute Gasteiger partial charge is 0.507 e. The highest BCUT2D eigenvalue weighted by Gasteiger charge is 2.46. The van der Waals surface area contributed by atoms with Crippen LogP contribution in [0.25, 0.3) is 5.76 Å². The van der Waals surface area contributed by atoms with Crippen molar-refractivity contribution in [3.8, 4) is 5.75 Å². The Morgan fingerprint density at radius 3 is 2.53 bits per heavy atom. The predicted molar refractivity (Wildman–Crippen MR) is 119 cm³/mol. The molecule has 0 aliphatic carbocycles. The number of ether oxygens (including phenoxy) is 2. The van der Waals surface area contributed by atoms with Gasteiger partial charge in [-0.1, -0.05) is 18.2 Å². The Balaban J connectivity index is 2.08. The minimum absolute atomic E-state index is 0.0332. The van der Waals surface area contributed by atoms with Gasteiger partial charge in [0, 0.05) is 24.3 Å². The summed E-state index contributed by atoms with van der Waals surface area (Å²) in [6.07, 6.45) is 0.503. The van der Waals surface area contributed by atoms with Crippen molar-refractivity contribution in [1.82, 2.24) is 4.90 Å². The van der Waals surface area contributed by atoms with Crippen LogP contribution in [-0.2, 0) is 14.3 Å². The molecule has 1 aliphatic rings. The van der Waals surface area contributed by atoms with Crippen LogP contribution in [0.15, 0.2) is 48.0 Å². The molecular formula is C25H28FNO5. The number of Topliss-reactive ketones (excluding diaryl/α,β-unsaturated/α-hetero) is 1. The number of nitrogens with zero attached hydrogens (tertiary/aromatic N) is 1. The second-order valence-corrected chi connectivity index (χ2v) is 7.97. The molecule has 0 bridgehead atoms. The summed E-state index contributed by atoms with van der Waals surface area (Å²) in [6.45, 7) is 6.15. The van der Waals surface area contributed by atoms with Gasteiger partial charge in [-0.3, -0.25) is 9.59 Å². The highest BCUT2D eigenvalue weighted by Crippen LogP contribution is 2.41. The average Bonchev–Trinajstić information content (AvgIpc) is 3.01. The number of carbonyl (C=O) groups is 2. The first-order valence-electron chi connectivity index (χ1n) is 10.6. The van der Waals surface area contributed by atoms with Crippen molar-refractivity contribution in [2.75, 3.05) is 20.3 Å². The van der Waals surface area contributed by atoms with E-state index in [2.05, 4.69) is 0 Å². The number of benzene rings is 2. The van der Waals surface area contributed by atoms with Crippen molar-refractivity contribution < 1.29 is 28.6 Å². The lowest BCUT2D eigenvalue weighted by Crippen LogP contribution is -2.31. The van der Waals surface area contributed by atoms with Gasteiger partial charge in [-0.15, -0.1) is 0 Å². The molecule has 0 saturated carbocycles. The zero-order chi connectivity index (χ0) is 23.4. The molecule has 1 amide bonds. The van der Waals surface area contributed by atoms with Crippen molar-refractivity contribution in [1.29, 1.82) is 0 Å². The fraction of sp³-hybridized carbons (Fsp3) is 0.360. The molecule has 1 N–H and O–H groups in total. The van der Waals surface area contributed by atoms with Crippen molar-refractivity contribution in [2.24, 2.45) is 0 Å². The highest BCUT2D eigenvalue weighted by atomic mass is 19.1. The summed E-state index contributed by atoms with van der Waals surface area (Å²) >= 11 is 0. The summed E-state index contributed by atoms with van der Waals surface area (Å²) in [5, 5.41) is 11.1. The van der Waals surface area contributed by atoms with Crippen LogP contribution in [0, 0.1) is 12.7 Å². The van der Waals surface area contributed by atoms with E-state index in [1.165, 1.54) is 30.2 Å². The van der Waals surface area contributed by atoms with E-state index in [9.17, 15) is 19.1 Å². The number of aliphatic hydroxyl groups excluding tert-OH is 1. The van der Waals surface area contributed by atoms with Crippen LogP contribution < -0.4 is 4.74 Å². The van der Waals surface area contributed by atoms with E-state index in [-0.39, 0.29) is 29.5 Å². The second-order valence-electron chi connectivity index (χ2n) is 7.97. The zero-order valence-electron chi connectivity index (χ0n) is 18.7. The Labute approximate surface area is 187 Å². The number of amides is 1. The van der Waals surface area contributed by atoms with E-state index < -0.39 is 23.5 Å². The molecule has 32 heavy (non-hydrogen) atoms. The van der Waals surface area contributed by atoms with Crippen LogP contribution >= 0.6 is 0 Å². The molecule has 1 fully saturated rings. The molecule has 0 spiro atoms. The number of aryl methyl sites for hydroxylation is 1. The molecule has 1 saturated heterocycles. The van der Waals surface area contributed by atoms with Crippen LogP contribution in [-0.4, -0.2) is 48.1 Å². The van der Waals surface area contributed by atoms with E-state index in [4.69, 9.17) is 9.47 Å². The van der Waals surface area contributed by atoms with Crippen LogP contribution in [0.4, 0.5) is 4.39 Å². The average molecular weight is 441 g/mol. The molecule has 7 heteroatoms. The summed E-state index contributed by atoms with van der Waals surface area (Å²) in [5.41, 5.74) is 1.07. The summed E-state index contributed by atoms with van der Waals surface area (Å²) in [4.78, 5) is 27.2. The molecule has 3 rings (SSSR count). The Hall–Kier alpha value is -3.19. The summed E-state index contributed by atoms with van der Waals surface area (Å²) in [6, 6.07) is 9.93. The quantitative estimate of drug-likeness (QED) is 0.285. The number of aliphatic hydroxyl groups is 1. The second kappa shape index (κ2) is 9.96. The molecule has 1 atom stereocenters. The van der Waals surface area contributed by atoms with Crippen LogP contribution in [0.1, 0.15) is 43.0 Å². The third-order valence-electron chi connectivity index (χ3n) is 5.42. The minimum Gasteiger partial charge on any atom is -0.507 e. The van der Waals surface area contributed by atoms with Crippen LogP contribution in [0.3, 0.4) is 0 Å². The number of hydrogen-bond donors (Lipinski definition) is 1. The van der Waals surface area contributed by atoms with Gasteiger partial charge >= 0.3 is 0 Å². The number of halogens is 1. The number of ketones is 1. The zero-order valence-corrected chi connectivity index (χ0v) is 18.7. The standard InChI is InChI=1S/C25H28FNO5/c1-15(2)32-13-7-12-27-22(19-8-5-6-9-20(19)26)21(24(29)25(27)30)23(28)18-11-10-17(31-4)14-16(18)3/h5-6,8-11,14-15,22,28H,7,12-13H2,1-4H3/b23-21+. The molecule has 6 nitrogen and oxygen atoms in total. The maximum Gasteiger partial charge on any atom is 0.295 e. The van der Waals surface area contributed by atoms with Crippen molar-refractivity contribution >= 4 is 17.4 Å². The van der Waals surface area contributed by atoms with Gasteiger partial charge in [-0.25, -0.2) is 4.39 Å². The van der Waals surface area contributed by atoms with E-state index in [0.717, 1.165) is 0 Å². The van der Waals surface area contributed by atoms with E-state index in [0.29, 0.717) is 29.9 Å². The fourth-order valence-electron chi connectivity index (χ4n) is 3.86. The molecule has 1 heterocycles. The summed E-state index contributed by atoms with van der Waals surface area (Å²) in [5.74, 6) is -1.90. The molecule has 0 aromatic heterocycles. The lowest BCUT2D eigenvalue weighted by atomic mass is 9.93. The van der Waals surface area contributed by atoms with Gasteiger partial charge in [0.05, 0.1) is 24.8 Å². The Kier molecular flexibility index (Phi) is 7.30. The number of hydrogen-bond acceptors (Lipinski definition) is 5. The Bertz CT molecular complexity index is 1050. The van der Waals surface area contributed by atoms with Crippen molar-refractivity contribution in [2.45, 2.75) is 39.3 Å². The van der Waals surface area contributed by atoms with Crippen molar-refractivity contribution in [3.63, 3.8) is 0 Å². The van der Waals surface area contributed by atoms with Gasteiger partial charge in [0.25, 0.3) is 11.7 Å². The van der Waals surface area contributed by atoms with Crippen molar-refractivity contribution in [3.05, 3.63) is 70.5 Å². The first kappa shape index (κ1) is 23.5. The van der Waals surface area contributed by atoms with E-state index in [1.807, 2.05) is 13.8 Å². The monoisotopic (exact) mass is 441 g/mol. The summed E-state index contributed by atoms with van der Waals surface area (Å²) in [7, 11) is 1.53. The molecule has 0 radical (unpaired) electrons. The van der Waals surface area contributed by atoms with Gasteiger partial charge in [0.2, 0.25) is 0 Å². The van der Waals surface area contributed by atoms with E-state index in [1.54, 1.807) is 31.2 Å². The molecular weight excluding hydrogens is 413 g/mol. The maximum absolute atomic E-state index is 14.8. The first-order chi connectivity index (χ1) is 15.3. The molecule has 1 unspecified atom stereocenters. The fourth-order valence-corrected chi connectivity index (χ4v) is 3.86. The number of carbonyl (C=O) groups excluding carboxylic acids is 2. The highest BCUT2D eigenvalue weighted by molar-refractivity contribution is 6.46. The number of likely N-dealkylation sites (tertiary alicyclic amines) is 1. The lowest BCUT2D eigenvalue weighted by Gasteiger charge is -2.26. The molecule has 170 valence electrons.